The molecule has 0 heterocycles. The van der Waals surface area contributed by atoms with E-state index in [9.17, 15) is 4.79 Å². The quantitative estimate of drug-likeness (QED) is 0.548. The molecule has 0 atom stereocenters. The first-order valence-electron chi connectivity index (χ1n) is 3.13. The van der Waals surface area contributed by atoms with Gasteiger partial charge < -0.3 is 5.11 Å². The minimum absolute atomic E-state index is 0.0110. The fourth-order valence-corrected chi connectivity index (χ4v) is 0.938. The molecular weight excluding hydrogens is 130 g/mol. The van der Waals surface area contributed by atoms with Gasteiger partial charge in [0.1, 0.15) is 5.76 Å². The molecule has 0 unspecified atom stereocenters. The Balaban J connectivity index is 2.88. The van der Waals surface area contributed by atoms with Crippen LogP contribution in [-0.4, -0.2) is 24.2 Å². The summed E-state index contributed by atoms with van der Waals surface area (Å²) in [6.07, 6.45) is 2.30. The van der Waals surface area contributed by atoms with Crippen LogP contribution in [0.5, 0.6) is 0 Å². The number of rotatable bonds is 1. The third-order valence-electron chi connectivity index (χ3n) is 1.46. The van der Waals surface area contributed by atoms with Crippen molar-refractivity contribution >= 4 is 12.0 Å². The number of hydrogen-bond acceptors (Lipinski definition) is 3. The summed E-state index contributed by atoms with van der Waals surface area (Å²) >= 11 is 0. The van der Waals surface area contributed by atoms with Gasteiger partial charge in [0.25, 0.3) is 0 Å². The van der Waals surface area contributed by atoms with Crippen molar-refractivity contribution in [1.82, 2.24) is 0 Å². The van der Waals surface area contributed by atoms with Gasteiger partial charge in [-0.1, -0.05) is 0 Å². The molecular formula is C7H9NO2. The third kappa shape index (κ3) is 1.07. The lowest BCUT2D eigenvalue weighted by Gasteiger charge is -1.88. The molecule has 0 aromatic rings. The van der Waals surface area contributed by atoms with E-state index in [-0.39, 0.29) is 11.5 Å². The minimum Gasteiger partial charge on any atom is -0.511 e. The number of aliphatic hydroxyl groups is 1. The molecule has 0 aromatic carbocycles. The lowest BCUT2D eigenvalue weighted by atomic mass is 10.2. The molecule has 0 saturated heterocycles. The summed E-state index contributed by atoms with van der Waals surface area (Å²) in [4.78, 5) is 14.5. The van der Waals surface area contributed by atoms with Crippen molar-refractivity contribution in [3.8, 4) is 0 Å². The van der Waals surface area contributed by atoms with Gasteiger partial charge in [-0.2, -0.15) is 0 Å². The first-order chi connectivity index (χ1) is 4.75. The maximum Gasteiger partial charge on any atom is 0.168 e. The number of nitrogens with zero attached hydrogens (tertiary/aromatic N) is 1. The van der Waals surface area contributed by atoms with E-state index < -0.39 is 0 Å². The second-order valence-corrected chi connectivity index (χ2v) is 2.17. The number of Topliss-reactive ketones (excluding diaryl/α,β-unsaturated/α-hetero) is 1. The number of carbonyl (C=O) groups is 1. The van der Waals surface area contributed by atoms with Gasteiger partial charge in [0.2, 0.25) is 0 Å². The van der Waals surface area contributed by atoms with E-state index in [1.165, 1.54) is 6.21 Å². The van der Waals surface area contributed by atoms with E-state index in [1.807, 2.05) is 0 Å². The van der Waals surface area contributed by atoms with E-state index in [0.717, 1.165) is 0 Å². The number of ketones is 1. The van der Waals surface area contributed by atoms with Gasteiger partial charge in [-0.25, -0.2) is 0 Å². The lowest BCUT2D eigenvalue weighted by molar-refractivity contribution is -0.114. The molecule has 1 rings (SSSR count). The van der Waals surface area contributed by atoms with Crippen LogP contribution >= 0.6 is 0 Å². The molecule has 0 bridgehead atoms. The zero-order chi connectivity index (χ0) is 7.56. The highest BCUT2D eigenvalue weighted by molar-refractivity contribution is 6.15. The highest BCUT2D eigenvalue weighted by Gasteiger charge is 2.20. The molecule has 0 amide bonds. The summed E-state index contributed by atoms with van der Waals surface area (Å²) in [6, 6.07) is 0. The van der Waals surface area contributed by atoms with Crippen molar-refractivity contribution in [2.45, 2.75) is 12.8 Å². The maximum atomic E-state index is 10.9. The number of hydrogen-bond donors (Lipinski definition) is 1. The molecule has 0 radical (unpaired) electrons. The van der Waals surface area contributed by atoms with Crippen LogP contribution in [0.15, 0.2) is 16.3 Å². The average Bonchev–Trinajstić information content (AvgIpc) is 2.20. The normalized spacial score (nSPS) is 19.5. The van der Waals surface area contributed by atoms with Gasteiger partial charge in [-0.05, 0) is 0 Å². The van der Waals surface area contributed by atoms with E-state index in [1.54, 1.807) is 7.05 Å². The Kier molecular flexibility index (Phi) is 1.85. The van der Waals surface area contributed by atoms with Gasteiger partial charge in [-0.3, -0.25) is 9.79 Å². The highest BCUT2D eigenvalue weighted by atomic mass is 16.3. The smallest absolute Gasteiger partial charge is 0.168 e. The van der Waals surface area contributed by atoms with E-state index in [0.29, 0.717) is 18.4 Å². The van der Waals surface area contributed by atoms with Crippen molar-refractivity contribution in [3.63, 3.8) is 0 Å². The lowest BCUT2D eigenvalue weighted by Crippen LogP contribution is -1.97. The largest absolute Gasteiger partial charge is 0.511 e. The van der Waals surface area contributed by atoms with E-state index in [2.05, 4.69) is 4.99 Å². The number of aliphatic imine (C=N–C) groups is 1. The third-order valence-corrected chi connectivity index (χ3v) is 1.46. The molecule has 0 spiro atoms. The zero-order valence-corrected chi connectivity index (χ0v) is 5.79. The molecule has 0 fully saturated rings. The second kappa shape index (κ2) is 2.64. The molecule has 1 N–H and O–H groups in total. The van der Waals surface area contributed by atoms with Crippen molar-refractivity contribution in [2.75, 3.05) is 7.05 Å². The van der Waals surface area contributed by atoms with Crippen molar-refractivity contribution < 1.29 is 9.90 Å². The summed E-state index contributed by atoms with van der Waals surface area (Å²) in [7, 11) is 1.58. The van der Waals surface area contributed by atoms with E-state index >= 15 is 0 Å². The molecule has 3 nitrogen and oxygen atoms in total. The highest BCUT2D eigenvalue weighted by Crippen LogP contribution is 2.18. The fraction of sp³-hybridized carbons (Fsp3) is 0.429. The van der Waals surface area contributed by atoms with Crippen LogP contribution in [-0.2, 0) is 4.79 Å². The number of aliphatic hydroxyl groups excluding tert-OH is 1. The molecule has 54 valence electrons. The first kappa shape index (κ1) is 6.99. The Morgan fingerprint density at radius 2 is 2.30 bits per heavy atom. The Hall–Kier alpha value is -1.12. The van der Waals surface area contributed by atoms with Gasteiger partial charge >= 0.3 is 0 Å². The van der Waals surface area contributed by atoms with Gasteiger partial charge in [0.05, 0.1) is 5.57 Å². The summed E-state index contributed by atoms with van der Waals surface area (Å²) in [5.74, 6) is 0.165. The van der Waals surface area contributed by atoms with Gasteiger partial charge in [0, 0.05) is 26.1 Å². The second-order valence-electron chi connectivity index (χ2n) is 2.17. The van der Waals surface area contributed by atoms with Gasteiger partial charge in [-0.15, -0.1) is 0 Å². The molecule has 1 aliphatic carbocycles. The van der Waals surface area contributed by atoms with Crippen LogP contribution in [0.3, 0.4) is 0 Å². The molecule has 0 aliphatic heterocycles. The Morgan fingerprint density at radius 3 is 2.70 bits per heavy atom. The van der Waals surface area contributed by atoms with Crippen LogP contribution < -0.4 is 0 Å². The summed E-state index contributed by atoms with van der Waals surface area (Å²) in [5, 5.41) is 9.06. The first-order valence-corrected chi connectivity index (χ1v) is 3.13. The summed E-state index contributed by atoms with van der Waals surface area (Å²) < 4.78 is 0. The van der Waals surface area contributed by atoms with Crippen LogP contribution in [0.4, 0.5) is 0 Å². The van der Waals surface area contributed by atoms with Crippen molar-refractivity contribution in [2.24, 2.45) is 4.99 Å². The maximum absolute atomic E-state index is 10.9. The molecule has 10 heavy (non-hydrogen) atoms. The molecule has 0 saturated carbocycles. The fourth-order valence-electron chi connectivity index (χ4n) is 0.938. The zero-order valence-electron chi connectivity index (χ0n) is 5.79. The van der Waals surface area contributed by atoms with Crippen LogP contribution in [0, 0.1) is 0 Å². The van der Waals surface area contributed by atoms with Crippen LogP contribution in [0.2, 0.25) is 0 Å². The topological polar surface area (TPSA) is 49.7 Å². The van der Waals surface area contributed by atoms with Gasteiger partial charge in [0.15, 0.2) is 5.78 Å². The molecule has 1 aliphatic rings. The van der Waals surface area contributed by atoms with Crippen molar-refractivity contribution in [3.05, 3.63) is 11.3 Å². The van der Waals surface area contributed by atoms with Crippen LogP contribution in [0.1, 0.15) is 12.8 Å². The van der Waals surface area contributed by atoms with E-state index in [4.69, 9.17) is 5.11 Å². The summed E-state index contributed by atoms with van der Waals surface area (Å²) in [6.45, 7) is 0. The number of allylic oxidation sites excluding steroid dienone is 2. The number of carbonyl (C=O) groups excluding carboxylic acids is 1. The van der Waals surface area contributed by atoms with Crippen LogP contribution in [0.25, 0.3) is 0 Å². The predicted molar refractivity (Wildman–Crippen MR) is 38.3 cm³/mol. The van der Waals surface area contributed by atoms with Crippen molar-refractivity contribution in [1.29, 1.82) is 0 Å². The monoisotopic (exact) mass is 139 g/mol. The average molecular weight is 139 g/mol. The molecule has 0 aromatic heterocycles. The Morgan fingerprint density at radius 1 is 1.60 bits per heavy atom. The predicted octanol–water partition coefficient (Wildman–Crippen LogP) is 0.862. The molecule has 3 heteroatoms. The minimum atomic E-state index is -0.0110. The Bertz CT molecular complexity index is 216. The standard InChI is InChI=1S/C7H9NO2/c1-8-4-5-6(9)2-3-7(5)10/h4,9H,2-3H2,1H3. The summed E-state index contributed by atoms with van der Waals surface area (Å²) in [5.41, 5.74) is 0.377. The SMILES string of the molecule is CN=CC1=C(O)CCC1=O. The Labute approximate surface area is 59.1 Å².